The van der Waals surface area contributed by atoms with Gasteiger partial charge in [-0.25, -0.2) is 9.97 Å². The molecule has 0 saturated heterocycles. The van der Waals surface area contributed by atoms with Crippen LogP contribution in [-0.4, -0.2) is 30.7 Å². The average Bonchev–Trinajstić information content (AvgIpc) is 3.49. The Morgan fingerprint density at radius 3 is 2.00 bits per heavy atom. The van der Waals surface area contributed by atoms with Crippen LogP contribution in [0.4, 0.5) is 0 Å². The summed E-state index contributed by atoms with van der Waals surface area (Å²) in [6, 6.07) is 27.5. The summed E-state index contributed by atoms with van der Waals surface area (Å²) in [7, 11) is 0. The molecule has 5 nitrogen and oxygen atoms in total. The summed E-state index contributed by atoms with van der Waals surface area (Å²) >= 11 is 12.5. The van der Waals surface area contributed by atoms with Gasteiger partial charge in [0, 0.05) is 11.1 Å². The molecule has 2 N–H and O–H groups in total. The molecule has 0 radical (unpaired) electrons. The summed E-state index contributed by atoms with van der Waals surface area (Å²) < 4.78 is 2.04. The van der Waals surface area contributed by atoms with Crippen molar-refractivity contribution in [3.63, 3.8) is 0 Å². The van der Waals surface area contributed by atoms with Crippen LogP contribution in [0.15, 0.2) is 84.9 Å². The van der Waals surface area contributed by atoms with Gasteiger partial charge in [-0.2, -0.15) is 0 Å². The minimum atomic E-state index is -0.454. The first-order chi connectivity index (χ1) is 18.3. The second-order valence-corrected chi connectivity index (χ2v) is 10.2. The zero-order valence-electron chi connectivity index (χ0n) is 21.4. The van der Waals surface area contributed by atoms with Crippen LogP contribution in [0.3, 0.4) is 0 Å². The van der Waals surface area contributed by atoms with Gasteiger partial charge >= 0.3 is 0 Å². The zero-order chi connectivity index (χ0) is 26.8. The summed E-state index contributed by atoms with van der Waals surface area (Å²) in [5.41, 5.74) is 8.11. The molecule has 0 aliphatic rings. The van der Waals surface area contributed by atoms with E-state index in [1.54, 1.807) is 6.92 Å². The Hall–Kier alpha value is -3.64. The number of aromatic nitrogens is 4. The summed E-state index contributed by atoms with van der Waals surface area (Å²) in [6.45, 7) is 6.36. The molecule has 0 amide bonds. The van der Waals surface area contributed by atoms with E-state index in [-0.39, 0.29) is 0 Å². The van der Waals surface area contributed by atoms with Crippen LogP contribution in [0.1, 0.15) is 18.1 Å². The van der Waals surface area contributed by atoms with E-state index in [2.05, 4.69) is 23.0 Å². The molecule has 0 bridgehead atoms. The van der Waals surface area contributed by atoms with E-state index in [9.17, 15) is 5.11 Å². The number of aliphatic hydroxyl groups is 1. The molecule has 0 fully saturated rings. The third-order valence-electron chi connectivity index (χ3n) is 6.39. The standard InChI is InChI=1S/C17H17ClN2O.C14H11ClN2/c1-11-6-5-9-15-16(11)19-17(20(15)10-12(2)21)13-7-3-4-8-14(13)18;1-9-5-4-8-12-13(9)17-14(16-12)10-6-2-3-7-11(10)15/h3-9,12,21H,10H2,1-2H3;2-8H,1H3,(H,16,17). The first kappa shape index (κ1) is 26.0. The van der Waals surface area contributed by atoms with Gasteiger partial charge in [0.1, 0.15) is 11.6 Å². The van der Waals surface area contributed by atoms with Crippen LogP contribution in [0.2, 0.25) is 10.0 Å². The van der Waals surface area contributed by atoms with Gasteiger partial charge in [0.25, 0.3) is 0 Å². The fourth-order valence-electron chi connectivity index (χ4n) is 4.54. The Morgan fingerprint density at radius 2 is 1.37 bits per heavy atom. The SMILES string of the molecule is Cc1cccc2[nH]c(-c3ccccc3Cl)nc12.Cc1cccc2c1nc(-c1ccccc1Cl)n2CC(C)O. The average molecular weight is 543 g/mol. The number of H-pyrrole nitrogens is 1. The van der Waals surface area contributed by atoms with Crippen molar-refractivity contribution >= 4 is 45.3 Å². The number of aryl methyl sites for hydroxylation is 2. The zero-order valence-corrected chi connectivity index (χ0v) is 22.9. The number of nitrogens with zero attached hydrogens (tertiary/aromatic N) is 3. The van der Waals surface area contributed by atoms with Crippen molar-refractivity contribution in [1.29, 1.82) is 0 Å². The predicted molar refractivity (Wildman–Crippen MR) is 158 cm³/mol. The quantitative estimate of drug-likeness (QED) is 0.235. The van der Waals surface area contributed by atoms with Crippen LogP contribution in [0.25, 0.3) is 44.8 Å². The van der Waals surface area contributed by atoms with Crippen LogP contribution in [0, 0.1) is 13.8 Å². The van der Waals surface area contributed by atoms with E-state index in [1.807, 2.05) is 90.4 Å². The number of aromatic amines is 1. The Labute approximate surface area is 231 Å². The highest BCUT2D eigenvalue weighted by Crippen LogP contribution is 2.31. The minimum Gasteiger partial charge on any atom is -0.392 e. The number of halogens is 2. The molecule has 0 aliphatic heterocycles. The Morgan fingerprint density at radius 1 is 0.763 bits per heavy atom. The molecule has 6 aromatic rings. The Bertz CT molecular complexity index is 1740. The summed E-state index contributed by atoms with van der Waals surface area (Å²) in [6.07, 6.45) is -0.454. The molecular weight excluding hydrogens is 515 g/mol. The number of hydrogen-bond acceptors (Lipinski definition) is 3. The number of hydrogen-bond donors (Lipinski definition) is 2. The number of rotatable bonds is 4. The highest BCUT2D eigenvalue weighted by atomic mass is 35.5. The maximum absolute atomic E-state index is 9.81. The van der Waals surface area contributed by atoms with E-state index < -0.39 is 6.10 Å². The highest BCUT2D eigenvalue weighted by Gasteiger charge is 2.17. The molecule has 7 heteroatoms. The van der Waals surface area contributed by atoms with Crippen molar-refractivity contribution in [3.05, 3.63) is 106 Å². The van der Waals surface area contributed by atoms with Crippen molar-refractivity contribution in [2.24, 2.45) is 0 Å². The lowest BCUT2D eigenvalue weighted by Gasteiger charge is -2.12. The fraction of sp³-hybridized carbons (Fsp3) is 0.161. The number of para-hydroxylation sites is 2. The molecular formula is C31H28Cl2N4O. The molecule has 0 spiro atoms. The van der Waals surface area contributed by atoms with Gasteiger partial charge in [-0.15, -0.1) is 0 Å². The van der Waals surface area contributed by atoms with Gasteiger partial charge < -0.3 is 14.7 Å². The Balaban J connectivity index is 0.000000158. The van der Waals surface area contributed by atoms with Crippen LogP contribution < -0.4 is 0 Å². The van der Waals surface area contributed by atoms with E-state index >= 15 is 0 Å². The Kier molecular flexibility index (Phi) is 7.52. The van der Waals surface area contributed by atoms with Crippen molar-refractivity contribution < 1.29 is 5.11 Å². The molecule has 0 aliphatic carbocycles. The molecule has 192 valence electrons. The van der Waals surface area contributed by atoms with Crippen LogP contribution in [0.5, 0.6) is 0 Å². The third kappa shape index (κ3) is 5.18. The van der Waals surface area contributed by atoms with Crippen LogP contribution >= 0.6 is 23.2 Å². The molecule has 1 atom stereocenters. The first-order valence-corrected chi connectivity index (χ1v) is 13.2. The molecule has 38 heavy (non-hydrogen) atoms. The third-order valence-corrected chi connectivity index (χ3v) is 7.04. The lowest BCUT2D eigenvalue weighted by Crippen LogP contribution is -2.12. The van der Waals surface area contributed by atoms with E-state index in [0.717, 1.165) is 56.0 Å². The van der Waals surface area contributed by atoms with Gasteiger partial charge in [0.2, 0.25) is 0 Å². The van der Waals surface area contributed by atoms with Gasteiger partial charge in [0.05, 0.1) is 44.8 Å². The minimum absolute atomic E-state index is 0.454. The molecule has 6 rings (SSSR count). The predicted octanol–water partition coefficient (Wildman–Crippen LogP) is 8.24. The number of benzene rings is 4. The van der Waals surface area contributed by atoms with E-state index in [1.165, 1.54) is 0 Å². The lowest BCUT2D eigenvalue weighted by atomic mass is 10.2. The summed E-state index contributed by atoms with van der Waals surface area (Å²) in [5.74, 6) is 1.62. The van der Waals surface area contributed by atoms with Crippen molar-refractivity contribution in [3.8, 4) is 22.8 Å². The molecule has 2 heterocycles. The molecule has 4 aromatic carbocycles. The van der Waals surface area contributed by atoms with Gasteiger partial charge in [-0.1, -0.05) is 71.7 Å². The van der Waals surface area contributed by atoms with Gasteiger partial charge in [0.15, 0.2) is 0 Å². The maximum atomic E-state index is 9.81. The molecule has 1 unspecified atom stereocenters. The van der Waals surface area contributed by atoms with E-state index in [4.69, 9.17) is 28.2 Å². The van der Waals surface area contributed by atoms with Gasteiger partial charge in [-0.05, 0) is 68.3 Å². The highest BCUT2D eigenvalue weighted by molar-refractivity contribution is 6.33. The number of fused-ring (bicyclic) bond motifs is 2. The van der Waals surface area contributed by atoms with Crippen molar-refractivity contribution in [1.82, 2.24) is 19.5 Å². The number of imidazole rings is 2. The van der Waals surface area contributed by atoms with Crippen LogP contribution in [-0.2, 0) is 6.54 Å². The fourth-order valence-corrected chi connectivity index (χ4v) is 4.99. The first-order valence-electron chi connectivity index (χ1n) is 12.4. The largest absolute Gasteiger partial charge is 0.392 e. The number of nitrogens with one attached hydrogen (secondary N) is 1. The smallest absolute Gasteiger partial charge is 0.142 e. The second-order valence-electron chi connectivity index (χ2n) is 9.35. The molecule has 0 saturated carbocycles. The second kappa shape index (κ2) is 11.0. The molecule has 2 aromatic heterocycles. The van der Waals surface area contributed by atoms with Gasteiger partial charge in [-0.3, -0.25) is 0 Å². The monoisotopic (exact) mass is 542 g/mol. The van der Waals surface area contributed by atoms with E-state index in [0.29, 0.717) is 16.6 Å². The number of aliphatic hydroxyl groups excluding tert-OH is 1. The van der Waals surface area contributed by atoms with Crippen molar-refractivity contribution in [2.45, 2.75) is 33.4 Å². The normalized spacial score (nSPS) is 11.9. The van der Waals surface area contributed by atoms with Crippen molar-refractivity contribution in [2.75, 3.05) is 0 Å². The summed E-state index contributed by atoms with van der Waals surface area (Å²) in [4.78, 5) is 12.7. The maximum Gasteiger partial charge on any atom is 0.142 e. The topological polar surface area (TPSA) is 66.7 Å². The lowest BCUT2D eigenvalue weighted by molar-refractivity contribution is 0.175. The summed E-state index contributed by atoms with van der Waals surface area (Å²) in [5, 5.41) is 11.2.